The lowest BCUT2D eigenvalue weighted by Crippen LogP contribution is -2.31. The molecule has 0 saturated carbocycles. The molecule has 1 unspecified atom stereocenters. The fourth-order valence-corrected chi connectivity index (χ4v) is 2.14. The van der Waals surface area contributed by atoms with Gasteiger partial charge in [0.15, 0.2) is 0 Å². The van der Waals surface area contributed by atoms with Crippen molar-refractivity contribution in [2.75, 3.05) is 12.4 Å². The molecule has 0 aliphatic heterocycles. The molecule has 0 aliphatic carbocycles. The minimum Gasteiger partial charge on any atom is -0.497 e. The van der Waals surface area contributed by atoms with E-state index in [1.54, 1.807) is 7.11 Å². The van der Waals surface area contributed by atoms with E-state index in [2.05, 4.69) is 26.6 Å². The third kappa shape index (κ3) is 4.49. The Morgan fingerprint density at radius 3 is 2.29 bits per heavy atom. The molecule has 0 aromatic heterocycles. The molecular weight excluding hydrogens is 332 g/mol. The Bertz CT molecular complexity index is 597. The van der Waals surface area contributed by atoms with Crippen LogP contribution in [0.15, 0.2) is 53.0 Å². The third-order valence-corrected chi connectivity index (χ3v) is 3.59. The van der Waals surface area contributed by atoms with Gasteiger partial charge in [0.25, 0.3) is 0 Å². The van der Waals surface area contributed by atoms with E-state index in [-0.39, 0.29) is 12.1 Å². The number of halogens is 1. The molecule has 2 aromatic rings. The van der Waals surface area contributed by atoms with Crippen LogP contribution in [-0.2, 0) is 0 Å². The second-order valence-corrected chi connectivity index (χ2v) is 5.52. The van der Waals surface area contributed by atoms with E-state index in [0.717, 1.165) is 21.5 Å². The van der Waals surface area contributed by atoms with Gasteiger partial charge in [-0.05, 0) is 48.9 Å². The zero-order chi connectivity index (χ0) is 15.2. The molecule has 0 heterocycles. The first kappa shape index (κ1) is 15.4. The van der Waals surface area contributed by atoms with E-state index in [0.29, 0.717) is 0 Å². The molecule has 1 atom stereocenters. The van der Waals surface area contributed by atoms with Crippen LogP contribution in [-0.4, -0.2) is 13.1 Å². The predicted molar refractivity (Wildman–Crippen MR) is 87.7 cm³/mol. The smallest absolute Gasteiger partial charge is 0.319 e. The number of anilines is 1. The minimum absolute atomic E-state index is 0.0913. The van der Waals surface area contributed by atoms with Gasteiger partial charge in [0.1, 0.15) is 5.75 Å². The van der Waals surface area contributed by atoms with Crippen molar-refractivity contribution < 1.29 is 9.53 Å². The van der Waals surface area contributed by atoms with Crippen LogP contribution in [0.1, 0.15) is 18.5 Å². The fraction of sp³-hybridized carbons (Fsp3) is 0.188. The predicted octanol–water partition coefficient (Wildman–Crippen LogP) is 4.34. The molecule has 2 aromatic carbocycles. The molecule has 0 bridgehead atoms. The maximum Gasteiger partial charge on any atom is 0.319 e. The Morgan fingerprint density at radius 2 is 1.71 bits per heavy atom. The third-order valence-electron chi connectivity index (χ3n) is 3.07. The number of amides is 2. The van der Waals surface area contributed by atoms with Crippen molar-refractivity contribution in [2.45, 2.75) is 13.0 Å². The van der Waals surface area contributed by atoms with Crippen molar-refractivity contribution in [3.63, 3.8) is 0 Å². The number of carbonyl (C=O) groups excluding carboxylic acids is 1. The standard InChI is InChI=1S/C16H17BrN2O2/c1-11(12-3-9-15(21-2)10-4-12)18-16(20)19-14-7-5-13(17)6-8-14/h3-11H,1-2H3,(H2,18,19,20). The van der Waals surface area contributed by atoms with Crippen LogP contribution in [0, 0.1) is 0 Å². The molecule has 0 aliphatic rings. The summed E-state index contributed by atoms with van der Waals surface area (Å²) in [6, 6.07) is 14.7. The van der Waals surface area contributed by atoms with Crippen molar-refractivity contribution in [2.24, 2.45) is 0 Å². The molecule has 2 rings (SSSR count). The Hall–Kier alpha value is -2.01. The maximum atomic E-state index is 11.9. The molecule has 0 fully saturated rings. The van der Waals surface area contributed by atoms with E-state index in [9.17, 15) is 4.79 Å². The van der Waals surface area contributed by atoms with Gasteiger partial charge in [-0.1, -0.05) is 28.1 Å². The Kier molecular flexibility index (Phi) is 5.22. The largest absolute Gasteiger partial charge is 0.497 e. The van der Waals surface area contributed by atoms with Crippen molar-refractivity contribution in [1.29, 1.82) is 0 Å². The molecule has 110 valence electrons. The van der Waals surface area contributed by atoms with Crippen LogP contribution < -0.4 is 15.4 Å². The van der Waals surface area contributed by atoms with E-state index < -0.39 is 0 Å². The van der Waals surface area contributed by atoms with Gasteiger partial charge in [0, 0.05) is 10.2 Å². The van der Waals surface area contributed by atoms with Gasteiger partial charge in [-0.2, -0.15) is 0 Å². The molecule has 0 saturated heterocycles. The van der Waals surface area contributed by atoms with Crippen LogP contribution in [0.2, 0.25) is 0 Å². The summed E-state index contributed by atoms with van der Waals surface area (Å²) in [5, 5.41) is 5.69. The Morgan fingerprint density at radius 1 is 1.10 bits per heavy atom. The van der Waals surface area contributed by atoms with Crippen molar-refractivity contribution in [1.82, 2.24) is 5.32 Å². The fourth-order valence-electron chi connectivity index (χ4n) is 1.87. The normalized spacial score (nSPS) is 11.6. The van der Waals surface area contributed by atoms with Gasteiger partial charge in [-0.15, -0.1) is 0 Å². The second-order valence-electron chi connectivity index (χ2n) is 4.60. The zero-order valence-corrected chi connectivity index (χ0v) is 13.5. The average molecular weight is 349 g/mol. The highest BCUT2D eigenvalue weighted by atomic mass is 79.9. The topological polar surface area (TPSA) is 50.4 Å². The molecule has 0 spiro atoms. The van der Waals surface area contributed by atoms with Gasteiger partial charge in [0.05, 0.1) is 13.2 Å². The van der Waals surface area contributed by atoms with E-state index in [1.165, 1.54) is 0 Å². The summed E-state index contributed by atoms with van der Waals surface area (Å²) in [6.45, 7) is 1.93. The quantitative estimate of drug-likeness (QED) is 0.863. The summed E-state index contributed by atoms with van der Waals surface area (Å²) in [6.07, 6.45) is 0. The van der Waals surface area contributed by atoms with Crippen LogP contribution in [0.25, 0.3) is 0 Å². The van der Waals surface area contributed by atoms with Crippen LogP contribution in [0.5, 0.6) is 5.75 Å². The summed E-state index contributed by atoms with van der Waals surface area (Å²) in [5.41, 5.74) is 1.76. The molecule has 21 heavy (non-hydrogen) atoms. The first-order valence-corrected chi connectivity index (χ1v) is 7.35. The SMILES string of the molecule is COc1ccc(C(C)NC(=O)Nc2ccc(Br)cc2)cc1. The highest BCUT2D eigenvalue weighted by Gasteiger charge is 2.09. The van der Waals surface area contributed by atoms with Gasteiger partial charge in [-0.25, -0.2) is 4.79 Å². The van der Waals surface area contributed by atoms with E-state index in [4.69, 9.17) is 4.74 Å². The van der Waals surface area contributed by atoms with Crippen LogP contribution in [0.3, 0.4) is 0 Å². The summed E-state index contributed by atoms with van der Waals surface area (Å²) in [4.78, 5) is 11.9. The molecule has 4 nitrogen and oxygen atoms in total. The second kappa shape index (κ2) is 7.13. The lowest BCUT2D eigenvalue weighted by atomic mass is 10.1. The zero-order valence-electron chi connectivity index (χ0n) is 11.9. The summed E-state index contributed by atoms with van der Waals surface area (Å²) in [5.74, 6) is 0.797. The lowest BCUT2D eigenvalue weighted by Gasteiger charge is -2.15. The van der Waals surface area contributed by atoms with E-state index in [1.807, 2.05) is 55.5 Å². The highest BCUT2D eigenvalue weighted by molar-refractivity contribution is 9.10. The molecule has 0 radical (unpaired) electrons. The van der Waals surface area contributed by atoms with Crippen molar-refractivity contribution in [3.05, 3.63) is 58.6 Å². The molecule has 2 amide bonds. The number of urea groups is 1. The summed E-state index contributed by atoms with van der Waals surface area (Å²) < 4.78 is 6.09. The Labute approximate surface area is 132 Å². The lowest BCUT2D eigenvalue weighted by molar-refractivity contribution is 0.249. The first-order valence-electron chi connectivity index (χ1n) is 6.55. The van der Waals surface area contributed by atoms with Crippen molar-refractivity contribution >= 4 is 27.6 Å². The van der Waals surface area contributed by atoms with Crippen LogP contribution in [0.4, 0.5) is 10.5 Å². The number of hydrogen-bond donors (Lipinski definition) is 2. The monoisotopic (exact) mass is 348 g/mol. The number of rotatable bonds is 4. The number of methoxy groups -OCH3 is 1. The first-order chi connectivity index (χ1) is 10.1. The molecule has 2 N–H and O–H groups in total. The summed E-state index contributed by atoms with van der Waals surface area (Å²) in [7, 11) is 1.63. The van der Waals surface area contributed by atoms with Gasteiger partial charge < -0.3 is 15.4 Å². The van der Waals surface area contributed by atoms with E-state index >= 15 is 0 Å². The maximum absolute atomic E-state index is 11.9. The summed E-state index contributed by atoms with van der Waals surface area (Å²) >= 11 is 3.36. The van der Waals surface area contributed by atoms with Gasteiger partial charge in [-0.3, -0.25) is 0 Å². The van der Waals surface area contributed by atoms with Crippen molar-refractivity contribution in [3.8, 4) is 5.75 Å². The minimum atomic E-state index is -0.236. The average Bonchev–Trinajstić information content (AvgIpc) is 2.49. The number of benzene rings is 2. The van der Waals surface area contributed by atoms with Gasteiger partial charge >= 0.3 is 6.03 Å². The van der Waals surface area contributed by atoms with Gasteiger partial charge in [0.2, 0.25) is 0 Å². The van der Waals surface area contributed by atoms with Crippen LogP contribution >= 0.6 is 15.9 Å². The number of nitrogens with one attached hydrogen (secondary N) is 2. The Balaban J connectivity index is 1.93. The molecular formula is C16H17BrN2O2. The number of carbonyl (C=O) groups is 1. The highest BCUT2D eigenvalue weighted by Crippen LogP contribution is 2.18. The molecule has 5 heteroatoms. The number of ether oxygens (including phenoxy) is 1. The number of hydrogen-bond acceptors (Lipinski definition) is 2.